The Labute approximate surface area is 124 Å². The molecule has 0 bridgehead atoms. The van der Waals surface area contributed by atoms with Crippen LogP contribution in [0.5, 0.6) is 0 Å². The van der Waals surface area contributed by atoms with Crippen molar-refractivity contribution in [3.05, 3.63) is 54.1 Å². The quantitative estimate of drug-likeness (QED) is 0.844. The summed E-state index contributed by atoms with van der Waals surface area (Å²) in [5, 5.41) is 0. The Balaban J connectivity index is 1.66. The van der Waals surface area contributed by atoms with Crippen LogP contribution in [0.3, 0.4) is 0 Å². The van der Waals surface area contributed by atoms with Gasteiger partial charge < -0.3 is 15.6 Å². The lowest BCUT2D eigenvalue weighted by molar-refractivity contribution is -0.133. The van der Waals surface area contributed by atoms with Crippen LogP contribution in [0, 0.1) is 5.92 Å². The lowest BCUT2D eigenvalue weighted by Gasteiger charge is -2.22. The Morgan fingerprint density at radius 3 is 2.86 bits per heavy atom. The van der Waals surface area contributed by atoms with Gasteiger partial charge in [-0.3, -0.25) is 4.79 Å². The van der Waals surface area contributed by atoms with Gasteiger partial charge in [0.15, 0.2) is 0 Å². The van der Waals surface area contributed by atoms with Gasteiger partial charge in [0.25, 0.3) is 0 Å². The highest BCUT2D eigenvalue weighted by Gasteiger charge is 2.46. The van der Waals surface area contributed by atoms with Gasteiger partial charge >= 0.3 is 0 Å². The molecule has 5 heteroatoms. The maximum absolute atomic E-state index is 12.6. The smallest absolute Gasteiger partial charge is 0.226 e. The topological polar surface area (TPSA) is 75.0 Å². The average Bonchev–Trinajstić information content (AvgIpc) is 3.12. The van der Waals surface area contributed by atoms with Crippen molar-refractivity contribution in [1.82, 2.24) is 14.9 Å². The average molecular weight is 284 g/mol. The van der Waals surface area contributed by atoms with Crippen molar-refractivity contribution < 1.29 is 4.79 Å². The zero-order valence-corrected chi connectivity index (χ0v) is 11.9. The molecule has 0 saturated heterocycles. The fourth-order valence-corrected chi connectivity index (χ4v) is 2.74. The molecule has 1 aromatic heterocycles. The molecule has 1 amide bonds. The molecule has 110 valence electrons. The van der Waals surface area contributed by atoms with E-state index in [-0.39, 0.29) is 17.7 Å². The van der Waals surface area contributed by atoms with Crippen LogP contribution >= 0.6 is 0 Å². The summed E-state index contributed by atoms with van der Waals surface area (Å²) in [4.78, 5) is 21.6. The summed E-state index contributed by atoms with van der Waals surface area (Å²) in [6.07, 6.45) is 4.37. The Morgan fingerprint density at radius 2 is 2.19 bits per heavy atom. The SMILES string of the molecule is NCCN(Cc1ccccc1)C(=O)[C@@H]1C[C@H]1c1cnc[nH]1. The van der Waals surface area contributed by atoms with Crippen molar-refractivity contribution in [1.29, 1.82) is 0 Å². The fraction of sp³-hybridized carbons (Fsp3) is 0.375. The minimum Gasteiger partial charge on any atom is -0.348 e. The fourth-order valence-electron chi connectivity index (χ4n) is 2.74. The second-order valence-electron chi connectivity index (χ2n) is 5.49. The molecule has 21 heavy (non-hydrogen) atoms. The van der Waals surface area contributed by atoms with Crippen molar-refractivity contribution in [3.63, 3.8) is 0 Å². The van der Waals surface area contributed by atoms with Crippen LogP contribution < -0.4 is 5.73 Å². The lowest BCUT2D eigenvalue weighted by atomic mass is 10.2. The zero-order chi connectivity index (χ0) is 14.7. The van der Waals surface area contributed by atoms with Crippen LogP contribution in [0.15, 0.2) is 42.9 Å². The predicted octanol–water partition coefficient (Wildman–Crippen LogP) is 1.50. The molecule has 2 atom stereocenters. The largest absolute Gasteiger partial charge is 0.348 e. The van der Waals surface area contributed by atoms with E-state index in [0.717, 1.165) is 17.7 Å². The van der Waals surface area contributed by atoms with Crippen LogP contribution in [0.4, 0.5) is 0 Å². The molecule has 1 aromatic carbocycles. The summed E-state index contributed by atoms with van der Waals surface area (Å²) in [5.41, 5.74) is 7.85. The number of hydrogen-bond donors (Lipinski definition) is 2. The standard InChI is InChI=1S/C16H20N4O/c17-6-7-20(10-12-4-2-1-3-5-12)16(21)14-8-13(14)15-9-18-11-19-15/h1-5,9,11,13-14H,6-8,10,17H2,(H,18,19)/t13-,14-/m1/s1. The van der Waals surface area contributed by atoms with Crippen molar-refractivity contribution in [2.45, 2.75) is 18.9 Å². The van der Waals surface area contributed by atoms with Crippen LogP contribution in [0.2, 0.25) is 0 Å². The second kappa shape index (κ2) is 6.10. The minimum absolute atomic E-state index is 0.0701. The summed E-state index contributed by atoms with van der Waals surface area (Å²) < 4.78 is 0. The number of nitrogens with two attached hydrogens (primary N) is 1. The van der Waals surface area contributed by atoms with Crippen molar-refractivity contribution >= 4 is 5.91 Å². The van der Waals surface area contributed by atoms with E-state index in [1.807, 2.05) is 41.4 Å². The van der Waals surface area contributed by atoms with E-state index in [2.05, 4.69) is 9.97 Å². The van der Waals surface area contributed by atoms with E-state index in [4.69, 9.17) is 5.73 Å². The maximum Gasteiger partial charge on any atom is 0.226 e. The molecule has 0 unspecified atom stereocenters. The van der Waals surface area contributed by atoms with Gasteiger partial charge in [-0.05, 0) is 12.0 Å². The van der Waals surface area contributed by atoms with Crippen LogP contribution in [-0.2, 0) is 11.3 Å². The number of rotatable bonds is 6. The molecular weight excluding hydrogens is 264 g/mol. The molecule has 5 nitrogen and oxygen atoms in total. The number of benzene rings is 1. The summed E-state index contributed by atoms with van der Waals surface area (Å²) in [7, 11) is 0. The first-order chi connectivity index (χ1) is 10.3. The molecular formula is C16H20N4O. The van der Waals surface area contributed by atoms with Gasteiger partial charge in [-0.2, -0.15) is 0 Å². The van der Waals surface area contributed by atoms with Gasteiger partial charge in [-0.25, -0.2) is 4.98 Å². The number of nitrogens with one attached hydrogen (secondary N) is 1. The Hall–Kier alpha value is -2.14. The van der Waals surface area contributed by atoms with E-state index in [1.54, 1.807) is 6.33 Å². The first-order valence-corrected chi connectivity index (χ1v) is 7.30. The third-order valence-electron chi connectivity index (χ3n) is 3.95. The molecule has 0 aliphatic heterocycles. The summed E-state index contributed by atoms with van der Waals surface area (Å²) in [6.45, 7) is 1.71. The van der Waals surface area contributed by atoms with E-state index in [1.165, 1.54) is 0 Å². The van der Waals surface area contributed by atoms with Gasteiger partial charge in [0.1, 0.15) is 0 Å². The highest BCUT2D eigenvalue weighted by atomic mass is 16.2. The summed E-state index contributed by atoms with van der Waals surface area (Å²) in [5.74, 6) is 0.556. The minimum atomic E-state index is 0.0701. The van der Waals surface area contributed by atoms with E-state index in [9.17, 15) is 4.79 Å². The van der Waals surface area contributed by atoms with Gasteiger partial charge in [0, 0.05) is 43.4 Å². The van der Waals surface area contributed by atoms with Gasteiger partial charge in [-0.1, -0.05) is 30.3 Å². The summed E-state index contributed by atoms with van der Waals surface area (Å²) in [6, 6.07) is 10.0. The van der Waals surface area contributed by atoms with Crippen LogP contribution in [0.1, 0.15) is 23.6 Å². The van der Waals surface area contributed by atoms with Crippen molar-refractivity contribution in [2.24, 2.45) is 11.7 Å². The zero-order valence-electron chi connectivity index (χ0n) is 11.9. The predicted molar refractivity (Wildman–Crippen MR) is 80.3 cm³/mol. The Morgan fingerprint density at radius 1 is 1.38 bits per heavy atom. The number of aromatic amines is 1. The Bertz CT molecular complexity index is 582. The molecule has 0 spiro atoms. The monoisotopic (exact) mass is 284 g/mol. The van der Waals surface area contributed by atoms with Gasteiger partial charge in [0.05, 0.1) is 6.33 Å². The molecule has 1 saturated carbocycles. The number of aromatic nitrogens is 2. The first-order valence-electron chi connectivity index (χ1n) is 7.30. The lowest BCUT2D eigenvalue weighted by Crippen LogP contribution is -2.36. The Kier molecular flexibility index (Phi) is 4.01. The molecule has 1 aliphatic rings. The number of carbonyl (C=O) groups is 1. The maximum atomic E-state index is 12.6. The first kappa shape index (κ1) is 13.8. The number of H-pyrrole nitrogens is 1. The van der Waals surface area contributed by atoms with Crippen molar-refractivity contribution in [2.75, 3.05) is 13.1 Å². The third-order valence-corrected chi connectivity index (χ3v) is 3.95. The van der Waals surface area contributed by atoms with Gasteiger partial charge in [0.2, 0.25) is 5.91 Å². The molecule has 2 aromatic rings. The normalized spacial score (nSPS) is 20.2. The third kappa shape index (κ3) is 3.13. The highest BCUT2D eigenvalue weighted by molar-refractivity contribution is 5.82. The van der Waals surface area contributed by atoms with E-state index >= 15 is 0 Å². The van der Waals surface area contributed by atoms with Crippen molar-refractivity contribution in [3.8, 4) is 0 Å². The molecule has 3 N–H and O–H groups in total. The molecule has 1 fully saturated rings. The van der Waals surface area contributed by atoms with E-state index in [0.29, 0.717) is 19.6 Å². The summed E-state index contributed by atoms with van der Waals surface area (Å²) >= 11 is 0. The number of hydrogen-bond acceptors (Lipinski definition) is 3. The van der Waals surface area contributed by atoms with Crippen LogP contribution in [-0.4, -0.2) is 33.9 Å². The highest BCUT2D eigenvalue weighted by Crippen LogP contribution is 2.47. The molecule has 1 heterocycles. The van der Waals surface area contributed by atoms with E-state index < -0.39 is 0 Å². The number of imidazole rings is 1. The number of amides is 1. The second-order valence-corrected chi connectivity index (χ2v) is 5.49. The molecule has 0 radical (unpaired) electrons. The molecule has 3 rings (SSSR count). The van der Waals surface area contributed by atoms with Gasteiger partial charge in [-0.15, -0.1) is 0 Å². The number of nitrogens with zero attached hydrogens (tertiary/aromatic N) is 2. The van der Waals surface area contributed by atoms with Crippen LogP contribution in [0.25, 0.3) is 0 Å². The molecule has 1 aliphatic carbocycles. The number of carbonyl (C=O) groups excluding carboxylic acids is 1.